The van der Waals surface area contributed by atoms with E-state index < -0.39 is 10.0 Å². The fourth-order valence-corrected chi connectivity index (χ4v) is 4.28. The number of benzene rings is 2. The molecule has 1 N–H and O–H groups in total. The van der Waals surface area contributed by atoms with Crippen LogP contribution in [0.2, 0.25) is 0 Å². The van der Waals surface area contributed by atoms with E-state index in [0.29, 0.717) is 18.8 Å². The molecule has 0 spiro atoms. The summed E-state index contributed by atoms with van der Waals surface area (Å²) in [6, 6.07) is 12.5. The van der Waals surface area contributed by atoms with E-state index in [-0.39, 0.29) is 10.8 Å². The largest absolute Gasteiger partial charge is 0.368 e. The maximum atomic E-state index is 12.7. The third-order valence-electron chi connectivity index (χ3n) is 4.98. The van der Waals surface area contributed by atoms with Crippen LogP contribution in [-0.4, -0.2) is 45.4 Å². The van der Waals surface area contributed by atoms with E-state index in [1.54, 1.807) is 25.1 Å². The van der Waals surface area contributed by atoms with Gasteiger partial charge in [-0.05, 0) is 55.3 Å². The number of sulfonamides is 1. The van der Waals surface area contributed by atoms with Crippen molar-refractivity contribution >= 4 is 27.3 Å². The Labute approximate surface area is 160 Å². The second kappa shape index (κ2) is 7.60. The van der Waals surface area contributed by atoms with E-state index in [1.165, 1.54) is 0 Å². The number of rotatable bonds is 4. The summed E-state index contributed by atoms with van der Waals surface area (Å²) in [6.07, 6.45) is 0. The quantitative estimate of drug-likeness (QED) is 0.876. The minimum Gasteiger partial charge on any atom is -0.368 e. The van der Waals surface area contributed by atoms with Crippen LogP contribution in [0.5, 0.6) is 0 Å². The van der Waals surface area contributed by atoms with Gasteiger partial charge in [0.15, 0.2) is 0 Å². The summed E-state index contributed by atoms with van der Waals surface area (Å²) in [5, 5.41) is 0. The molecular weight excluding hydrogens is 362 g/mol. The average Bonchev–Trinajstić information content (AvgIpc) is 2.64. The Morgan fingerprint density at radius 2 is 1.67 bits per heavy atom. The monoisotopic (exact) mass is 387 g/mol. The molecule has 1 aliphatic heterocycles. The number of aryl methyl sites for hydroxylation is 2. The molecule has 3 rings (SSSR count). The molecule has 0 aliphatic carbocycles. The van der Waals surface area contributed by atoms with E-state index in [2.05, 4.69) is 9.62 Å². The lowest BCUT2D eigenvalue weighted by atomic mass is 10.1. The Balaban J connectivity index is 1.76. The molecule has 0 aromatic heterocycles. The summed E-state index contributed by atoms with van der Waals surface area (Å²) in [6.45, 7) is 8.24. The van der Waals surface area contributed by atoms with Crippen molar-refractivity contribution in [2.75, 3.05) is 35.8 Å². The van der Waals surface area contributed by atoms with Gasteiger partial charge in [0.2, 0.25) is 5.91 Å². The molecule has 0 radical (unpaired) electrons. The number of amides is 1. The van der Waals surface area contributed by atoms with E-state index in [0.717, 1.165) is 29.9 Å². The van der Waals surface area contributed by atoms with Crippen molar-refractivity contribution in [1.82, 2.24) is 4.90 Å². The SMILES string of the molecule is CC(=O)N1CCN(c2cccc(NS(=O)(=O)c3ccc(C)c(C)c3)c2)CC1. The first-order valence-corrected chi connectivity index (χ1v) is 10.5. The molecule has 1 aliphatic rings. The Morgan fingerprint density at radius 1 is 0.963 bits per heavy atom. The maximum Gasteiger partial charge on any atom is 0.261 e. The van der Waals surface area contributed by atoms with Crippen molar-refractivity contribution in [2.45, 2.75) is 25.7 Å². The van der Waals surface area contributed by atoms with Crippen molar-refractivity contribution < 1.29 is 13.2 Å². The summed E-state index contributed by atoms with van der Waals surface area (Å²) >= 11 is 0. The molecular formula is C20H25N3O3S. The van der Waals surface area contributed by atoms with Crippen LogP contribution in [0.3, 0.4) is 0 Å². The summed E-state index contributed by atoms with van der Waals surface area (Å²) in [5.41, 5.74) is 3.47. The summed E-state index contributed by atoms with van der Waals surface area (Å²) in [5.74, 6) is 0.0875. The number of nitrogens with zero attached hydrogens (tertiary/aromatic N) is 2. The summed E-state index contributed by atoms with van der Waals surface area (Å²) < 4.78 is 28.1. The fraction of sp³-hybridized carbons (Fsp3) is 0.350. The Bertz CT molecular complexity index is 949. The molecule has 0 saturated carbocycles. The predicted molar refractivity (Wildman–Crippen MR) is 108 cm³/mol. The van der Waals surface area contributed by atoms with Crippen molar-refractivity contribution in [3.63, 3.8) is 0 Å². The molecule has 27 heavy (non-hydrogen) atoms. The molecule has 0 unspecified atom stereocenters. The molecule has 1 fully saturated rings. The minimum absolute atomic E-state index is 0.0875. The van der Waals surface area contributed by atoms with Crippen molar-refractivity contribution in [3.05, 3.63) is 53.6 Å². The highest BCUT2D eigenvalue weighted by atomic mass is 32.2. The molecule has 7 heteroatoms. The average molecular weight is 388 g/mol. The smallest absolute Gasteiger partial charge is 0.261 e. The van der Waals surface area contributed by atoms with Gasteiger partial charge in [-0.15, -0.1) is 0 Å². The van der Waals surface area contributed by atoms with Crippen LogP contribution < -0.4 is 9.62 Å². The van der Waals surface area contributed by atoms with Gasteiger partial charge in [-0.2, -0.15) is 0 Å². The molecule has 1 heterocycles. The highest BCUT2D eigenvalue weighted by molar-refractivity contribution is 7.92. The molecule has 0 bridgehead atoms. The van der Waals surface area contributed by atoms with Gasteiger partial charge < -0.3 is 9.80 Å². The third-order valence-corrected chi connectivity index (χ3v) is 6.36. The van der Waals surface area contributed by atoms with Crippen LogP contribution in [0.1, 0.15) is 18.1 Å². The Kier molecular flexibility index (Phi) is 5.41. The lowest BCUT2D eigenvalue weighted by Gasteiger charge is -2.35. The van der Waals surface area contributed by atoms with E-state index in [4.69, 9.17) is 0 Å². The first-order chi connectivity index (χ1) is 12.8. The lowest BCUT2D eigenvalue weighted by molar-refractivity contribution is -0.129. The Morgan fingerprint density at radius 3 is 2.30 bits per heavy atom. The van der Waals surface area contributed by atoms with Gasteiger partial charge in [0, 0.05) is 38.8 Å². The van der Waals surface area contributed by atoms with Crippen molar-refractivity contribution in [2.24, 2.45) is 0 Å². The molecule has 1 saturated heterocycles. The molecule has 1 amide bonds. The lowest BCUT2D eigenvalue weighted by Crippen LogP contribution is -2.48. The normalized spacial score (nSPS) is 14.9. The van der Waals surface area contributed by atoms with E-state index >= 15 is 0 Å². The van der Waals surface area contributed by atoms with Crippen LogP contribution in [0.4, 0.5) is 11.4 Å². The zero-order valence-corrected chi connectivity index (χ0v) is 16.7. The Hall–Kier alpha value is -2.54. The van der Waals surface area contributed by atoms with E-state index in [9.17, 15) is 13.2 Å². The second-order valence-electron chi connectivity index (χ2n) is 6.90. The van der Waals surface area contributed by atoms with Gasteiger partial charge in [-0.3, -0.25) is 9.52 Å². The van der Waals surface area contributed by atoms with Gasteiger partial charge in [0.25, 0.3) is 10.0 Å². The molecule has 0 atom stereocenters. The van der Waals surface area contributed by atoms with Crippen molar-refractivity contribution in [1.29, 1.82) is 0 Å². The summed E-state index contributed by atoms with van der Waals surface area (Å²) in [4.78, 5) is 15.7. The van der Waals surface area contributed by atoms with E-state index in [1.807, 2.05) is 43.0 Å². The fourth-order valence-electron chi connectivity index (χ4n) is 3.14. The van der Waals surface area contributed by atoms with Gasteiger partial charge in [0.1, 0.15) is 0 Å². The highest BCUT2D eigenvalue weighted by Gasteiger charge is 2.20. The van der Waals surface area contributed by atoms with Crippen LogP contribution in [0.25, 0.3) is 0 Å². The standard InChI is InChI=1S/C20H25N3O3S/c1-15-7-8-20(13-16(15)2)27(25,26)21-18-5-4-6-19(14-18)23-11-9-22(10-12-23)17(3)24/h4-8,13-14,21H,9-12H2,1-3H3. The zero-order chi connectivity index (χ0) is 19.6. The number of nitrogens with one attached hydrogen (secondary N) is 1. The topological polar surface area (TPSA) is 69.7 Å². The zero-order valence-electron chi connectivity index (χ0n) is 15.9. The molecule has 144 valence electrons. The van der Waals surface area contributed by atoms with Gasteiger partial charge >= 0.3 is 0 Å². The molecule has 2 aromatic carbocycles. The predicted octanol–water partition coefficient (Wildman–Crippen LogP) is 2.77. The molecule has 2 aromatic rings. The van der Waals surface area contributed by atoms with Crippen molar-refractivity contribution in [3.8, 4) is 0 Å². The number of piperazine rings is 1. The number of hydrogen-bond donors (Lipinski definition) is 1. The van der Waals surface area contributed by atoms with Gasteiger partial charge in [0.05, 0.1) is 10.6 Å². The van der Waals surface area contributed by atoms with Crippen LogP contribution in [0.15, 0.2) is 47.4 Å². The first-order valence-electron chi connectivity index (χ1n) is 8.97. The second-order valence-corrected chi connectivity index (χ2v) is 8.58. The van der Waals surface area contributed by atoms with Gasteiger partial charge in [-0.25, -0.2) is 8.42 Å². The highest BCUT2D eigenvalue weighted by Crippen LogP contribution is 2.24. The third kappa shape index (κ3) is 4.42. The number of carbonyl (C=O) groups excluding carboxylic acids is 1. The first kappa shape index (κ1) is 19.2. The van der Waals surface area contributed by atoms with Crippen LogP contribution in [-0.2, 0) is 14.8 Å². The van der Waals surface area contributed by atoms with Crippen LogP contribution in [0, 0.1) is 13.8 Å². The molecule has 6 nitrogen and oxygen atoms in total. The number of hydrogen-bond acceptors (Lipinski definition) is 4. The van der Waals surface area contributed by atoms with Crippen LogP contribution >= 0.6 is 0 Å². The maximum absolute atomic E-state index is 12.7. The minimum atomic E-state index is -3.64. The number of carbonyl (C=O) groups is 1. The van der Waals surface area contributed by atoms with Gasteiger partial charge in [-0.1, -0.05) is 12.1 Å². The summed E-state index contributed by atoms with van der Waals surface area (Å²) in [7, 11) is -3.64. The number of anilines is 2.